The van der Waals surface area contributed by atoms with Crippen LogP contribution in [0.2, 0.25) is 0 Å². The molecule has 3 aromatic rings. The number of nitrogens with zero attached hydrogens (tertiary/aromatic N) is 2. The van der Waals surface area contributed by atoms with Gasteiger partial charge in [0.15, 0.2) is 0 Å². The van der Waals surface area contributed by atoms with E-state index in [1.54, 1.807) is 12.1 Å². The number of carbonyl (C=O) groups excluding carboxylic acids is 1. The maximum atomic E-state index is 12.8. The molecular weight excluding hydrogens is 344 g/mol. The van der Waals surface area contributed by atoms with Crippen LogP contribution in [0.4, 0.5) is 0 Å². The number of rotatable bonds is 4. The number of β-amino-alcohol motifs (C(OH)–C–C–N with tert-alkyl or cyclic N) is 1. The summed E-state index contributed by atoms with van der Waals surface area (Å²) in [4.78, 5) is 25.2. The molecule has 0 saturated carbocycles. The second kappa shape index (κ2) is 7.30. The second-order valence-corrected chi connectivity index (χ2v) is 6.62. The van der Waals surface area contributed by atoms with Crippen LogP contribution in [-0.2, 0) is 11.3 Å². The number of aliphatic hydroxyl groups excluding tert-OH is 1. The van der Waals surface area contributed by atoms with Crippen molar-refractivity contribution in [2.45, 2.75) is 18.7 Å². The number of fused-ring (bicyclic) bond motifs is 1. The third kappa shape index (κ3) is 3.47. The van der Waals surface area contributed by atoms with Crippen LogP contribution in [0.15, 0.2) is 59.4 Å². The van der Waals surface area contributed by atoms with Crippen LogP contribution >= 0.6 is 0 Å². The maximum Gasteiger partial charge on any atom is 0.275 e. The zero-order valence-electron chi connectivity index (χ0n) is 14.6. The quantitative estimate of drug-likeness (QED) is 0.627. The van der Waals surface area contributed by atoms with Crippen molar-refractivity contribution >= 4 is 16.7 Å². The van der Waals surface area contributed by atoms with Crippen LogP contribution in [-0.4, -0.2) is 46.0 Å². The van der Waals surface area contributed by atoms with Crippen LogP contribution in [0.3, 0.4) is 0 Å². The monoisotopic (exact) mass is 364 g/mol. The van der Waals surface area contributed by atoms with Gasteiger partial charge in [0.1, 0.15) is 6.54 Å². The van der Waals surface area contributed by atoms with Gasteiger partial charge >= 0.3 is 0 Å². The standard InChI is InChI=1S/C20H20N4O3/c25-17-11-21-10-16(17)22-18(26)12-24-20(27)15-9-5-4-8-14(15)19(23-24)13-6-2-1-3-7-13/h1-9,16-17,21,25H,10-12H2,(H,22,26)/t16-,17-/m1/s1. The van der Waals surface area contributed by atoms with Crippen LogP contribution < -0.4 is 16.2 Å². The van der Waals surface area contributed by atoms with Crippen LogP contribution in [0.5, 0.6) is 0 Å². The van der Waals surface area contributed by atoms with Crippen molar-refractivity contribution < 1.29 is 9.90 Å². The molecular formula is C20H20N4O3. The van der Waals surface area contributed by atoms with Gasteiger partial charge in [-0.15, -0.1) is 0 Å². The number of nitrogens with one attached hydrogen (secondary N) is 2. The summed E-state index contributed by atoms with van der Waals surface area (Å²) in [6, 6.07) is 16.5. The molecule has 1 fully saturated rings. The van der Waals surface area contributed by atoms with Crippen molar-refractivity contribution in [2.75, 3.05) is 13.1 Å². The number of carbonyl (C=O) groups is 1. The van der Waals surface area contributed by atoms with Crippen LogP contribution in [0.1, 0.15) is 0 Å². The highest BCUT2D eigenvalue weighted by atomic mass is 16.3. The van der Waals surface area contributed by atoms with E-state index in [0.29, 0.717) is 24.2 Å². The predicted molar refractivity (Wildman–Crippen MR) is 102 cm³/mol. The van der Waals surface area contributed by atoms with Gasteiger partial charge in [0, 0.05) is 24.0 Å². The van der Waals surface area contributed by atoms with Crippen molar-refractivity contribution in [1.29, 1.82) is 0 Å². The largest absolute Gasteiger partial charge is 0.390 e. The molecule has 1 aliphatic rings. The molecule has 138 valence electrons. The Balaban J connectivity index is 1.71. The normalized spacial score (nSPS) is 19.3. The Morgan fingerprint density at radius 3 is 2.52 bits per heavy atom. The minimum absolute atomic E-state index is 0.202. The highest BCUT2D eigenvalue weighted by Gasteiger charge is 2.26. The molecule has 0 radical (unpaired) electrons. The summed E-state index contributed by atoms with van der Waals surface area (Å²) >= 11 is 0. The predicted octanol–water partition coefficient (Wildman–Crippen LogP) is 0.512. The van der Waals surface area contributed by atoms with Gasteiger partial charge in [0.05, 0.1) is 23.2 Å². The molecule has 2 heterocycles. The smallest absolute Gasteiger partial charge is 0.275 e. The Labute approximate surface area is 155 Å². The van der Waals surface area contributed by atoms with Gasteiger partial charge in [-0.25, -0.2) is 4.68 Å². The Hall–Kier alpha value is -3.03. The van der Waals surface area contributed by atoms with E-state index in [2.05, 4.69) is 15.7 Å². The van der Waals surface area contributed by atoms with Gasteiger partial charge in [-0.3, -0.25) is 9.59 Å². The maximum absolute atomic E-state index is 12.8. The van der Waals surface area contributed by atoms with Gasteiger partial charge in [0.2, 0.25) is 5.91 Å². The summed E-state index contributed by atoms with van der Waals surface area (Å²) in [5, 5.41) is 21.3. The summed E-state index contributed by atoms with van der Waals surface area (Å²) in [7, 11) is 0. The molecule has 27 heavy (non-hydrogen) atoms. The average Bonchev–Trinajstić information content (AvgIpc) is 3.09. The number of benzene rings is 2. The topological polar surface area (TPSA) is 96.2 Å². The summed E-state index contributed by atoms with van der Waals surface area (Å²) in [5.74, 6) is -0.355. The molecule has 1 amide bonds. The first kappa shape index (κ1) is 17.4. The molecule has 4 rings (SSSR count). The third-order valence-corrected chi connectivity index (χ3v) is 4.74. The number of aromatic nitrogens is 2. The molecule has 1 saturated heterocycles. The van der Waals surface area contributed by atoms with Crippen LogP contribution in [0, 0.1) is 0 Å². The zero-order chi connectivity index (χ0) is 18.8. The van der Waals surface area contributed by atoms with Crippen molar-refractivity contribution in [1.82, 2.24) is 20.4 Å². The highest BCUT2D eigenvalue weighted by molar-refractivity contribution is 5.93. The molecule has 2 aromatic carbocycles. The molecule has 7 nitrogen and oxygen atoms in total. The Kier molecular flexibility index (Phi) is 4.70. The fourth-order valence-corrected chi connectivity index (χ4v) is 3.35. The van der Waals surface area contributed by atoms with Gasteiger partial charge in [-0.05, 0) is 6.07 Å². The molecule has 1 aromatic heterocycles. The van der Waals surface area contributed by atoms with Crippen LogP contribution in [0.25, 0.3) is 22.0 Å². The Bertz CT molecular complexity index is 1030. The zero-order valence-corrected chi connectivity index (χ0v) is 14.6. The lowest BCUT2D eigenvalue weighted by Crippen LogP contribution is -2.45. The number of amides is 1. The number of hydrogen-bond acceptors (Lipinski definition) is 5. The van der Waals surface area contributed by atoms with E-state index in [1.807, 2.05) is 42.5 Å². The van der Waals surface area contributed by atoms with E-state index in [1.165, 1.54) is 4.68 Å². The van der Waals surface area contributed by atoms with Gasteiger partial charge in [-0.1, -0.05) is 48.5 Å². The molecule has 0 spiro atoms. The second-order valence-electron chi connectivity index (χ2n) is 6.62. The Morgan fingerprint density at radius 1 is 1.11 bits per heavy atom. The minimum Gasteiger partial charge on any atom is -0.390 e. The highest BCUT2D eigenvalue weighted by Crippen LogP contribution is 2.24. The first-order chi connectivity index (χ1) is 13.1. The molecule has 3 N–H and O–H groups in total. The number of hydrogen-bond donors (Lipinski definition) is 3. The Morgan fingerprint density at radius 2 is 1.81 bits per heavy atom. The van der Waals surface area contributed by atoms with E-state index in [9.17, 15) is 14.7 Å². The summed E-state index contributed by atoms with van der Waals surface area (Å²) in [6.07, 6.45) is -0.630. The summed E-state index contributed by atoms with van der Waals surface area (Å²) in [6.45, 7) is 0.742. The molecule has 1 aliphatic heterocycles. The molecule has 2 atom stereocenters. The lowest BCUT2D eigenvalue weighted by molar-refractivity contribution is -0.123. The van der Waals surface area contributed by atoms with Gasteiger partial charge in [0.25, 0.3) is 5.56 Å². The molecule has 0 aliphatic carbocycles. The van der Waals surface area contributed by atoms with E-state index >= 15 is 0 Å². The van der Waals surface area contributed by atoms with E-state index in [4.69, 9.17) is 0 Å². The first-order valence-corrected chi connectivity index (χ1v) is 8.87. The molecule has 0 unspecified atom stereocenters. The van der Waals surface area contributed by atoms with E-state index < -0.39 is 6.10 Å². The summed E-state index contributed by atoms with van der Waals surface area (Å²) < 4.78 is 1.19. The summed E-state index contributed by atoms with van der Waals surface area (Å²) in [5.41, 5.74) is 1.21. The first-order valence-electron chi connectivity index (χ1n) is 8.87. The average molecular weight is 364 g/mol. The van der Waals surface area contributed by atoms with Crippen molar-refractivity contribution in [2.24, 2.45) is 0 Å². The van der Waals surface area contributed by atoms with Crippen molar-refractivity contribution in [3.8, 4) is 11.3 Å². The SMILES string of the molecule is O=C(Cn1nc(-c2ccccc2)c2ccccc2c1=O)N[C@@H]1CNC[C@H]1O. The fourth-order valence-electron chi connectivity index (χ4n) is 3.35. The van der Waals surface area contributed by atoms with Crippen molar-refractivity contribution in [3.05, 3.63) is 65.0 Å². The lowest BCUT2D eigenvalue weighted by Gasteiger charge is -2.16. The molecule has 7 heteroatoms. The van der Waals surface area contributed by atoms with E-state index in [0.717, 1.165) is 10.9 Å². The van der Waals surface area contributed by atoms with Gasteiger partial charge < -0.3 is 15.7 Å². The minimum atomic E-state index is -0.630. The van der Waals surface area contributed by atoms with Gasteiger partial charge in [-0.2, -0.15) is 5.10 Å². The molecule has 0 bridgehead atoms. The number of aliphatic hydroxyl groups is 1. The van der Waals surface area contributed by atoms with Crippen molar-refractivity contribution in [3.63, 3.8) is 0 Å². The van der Waals surface area contributed by atoms with E-state index in [-0.39, 0.29) is 24.1 Å². The fraction of sp³-hybridized carbons (Fsp3) is 0.250. The lowest BCUT2D eigenvalue weighted by atomic mass is 10.1. The third-order valence-electron chi connectivity index (χ3n) is 4.74.